The minimum absolute atomic E-state index is 0.130. The Morgan fingerprint density at radius 2 is 2.13 bits per heavy atom. The Hall–Kier alpha value is -2.34. The highest BCUT2D eigenvalue weighted by Crippen LogP contribution is 2.27. The zero-order valence-electron chi connectivity index (χ0n) is 12.9. The molecular weight excluding hydrogens is 312 g/mol. The van der Waals surface area contributed by atoms with Crippen LogP contribution in [0.25, 0.3) is 0 Å². The average molecular weight is 330 g/mol. The monoisotopic (exact) mass is 330 g/mol. The second-order valence-corrected chi connectivity index (χ2v) is 6.27. The summed E-state index contributed by atoms with van der Waals surface area (Å²) in [6.45, 7) is 1.13. The fraction of sp³-hybridized carbons (Fsp3) is 0.294. The van der Waals surface area contributed by atoms with E-state index in [2.05, 4.69) is 16.3 Å². The summed E-state index contributed by atoms with van der Waals surface area (Å²) >= 11 is 1.32. The van der Waals surface area contributed by atoms with Crippen molar-refractivity contribution in [2.45, 2.75) is 12.8 Å². The first-order valence-corrected chi connectivity index (χ1v) is 8.35. The number of methoxy groups -OCH3 is 1. The van der Waals surface area contributed by atoms with Gasteiger partial charge in [-0.1, -0.05) is 18.2 Å². The fourth-order valence-corrected chi connectivity index (χ4v) is 3.58. The molecule has 0 unspecified atom stereocenters. The van der Waals surface area contributed by atoms with E-state index in [4.69, 9.17) is 4.74 Å². The van der Waals surface area contributed by atoms with Crippen molar-refractivity contribution in [1.29, 1.82) is 0 Å². The quantitative estimate of drug-likeness (QED) is 0.876. The summed E-state index contributed by atoms with van der Waals surface area (Å²) < 4.78 is 4.72. The number of hydrogen-bond donors (Lipinski definition) is 1. The van der Waals surface area contributed by atoms with Crippen LogP contribution in [0.2, 0.25) is 0 Å². The lowest BCUT2D eigenvalue weighted by Gasteiger charge is -2.30. The van der Waals surface area contributed by atoms with Crippen molar-refractivity contribution < 1.29 is 14.3 Å². The molecule has 1 aromatic heterocycles. The van der Waals surface area contributed by atoms with E-state index in [1.54, 1.807) is 11.4 Å². The molecule has 1 aliphatic heterocycles. The molecule has 0 saturated heterocycles. The number of ether oxygens (including phenoxy) is 1. The zero-order chi connectivity index (χ0) is 16.2. The van der Waals surface area contributed by atoms with Crippen molar-refractivity contribution in [3.05, 3.63) is 46.8 Å². The number of esters is 1. The zero-order valence-corrected chi connectivity index (χ0v) is 13.7. The van der Waals surface area contributed by atoms with Crippen LogP contribution < -0.4 is 10.2 Å². The fourth-order valence-electron chi connectivity index (χ4n) is 2.79. The molecule has 1 aromatic carbocycles. The van der Waals surface area contributed by atoms with E-state index >= 15 is 0 Å². The van der Waals surface area contributed by atoms with E-state index in [1.165, 1.54) is 24.0 Å². The van der Waals surface area contributed by atoms with Gasteiger partial charge in [0.2, 0.25) is 5.91 Å². The van der Waals surface area contributed by atoms with Crippen LogP contribution in [0.1, 0.15) is 22.3 Å². The first-order valence-electron chi connectivity index (χ1n) is 7.47. The van der Waals surface area contributed by atoms with E-state index < -0.39 is 5.97 Å². The third kappa shape index (κ3) is 3.37. The van der Waals surface area contributed by atoms with E-state index in [-0.39, 0.29) is 12.5 Å². The molecule has 0 spiro atoms. The summed E-state index contributed by atoms with van der Waals surface area (Å²) in [5, 5.41) is 5.12. The summed E-state index contributed by atoms with van der Waals surface area (Å²) in [6.07, 6.45) is 2.09. The summed E-state index contributed by atoms with van der Waals surface area (Å²) in [5.74, 6) is -0.570. The minimum Gasteiger partial charge on any atom is -0.465 e. The van der Waals surface area contributed by atoms with E-state index in [1.807, 2.05) is 18.2 Å². The maximum Gasteiger partial charge on any atom is 0.340 e. The summed E-state index contributed by atoms with van der Waals surface area (Å²) in [5.41, 5.74) is 2.79. The number of carbonyl (C=O) groups is 2. The van der Waals surface area contributed by atoms with E-state index in [9.17, 15) is 9.59 Å². The largest absolute Gasteiger partial charge is 0.465 e. The molecule has 0 bridgehead atoms. The Labute approximate surface area is 138 Å². The smallest absolute Gasteiger partial charge is 0.340 e. The molecule has 0 aliphatic carbocycles. The van der Waals surface area contributed by atoms with Gasteiger partial charge in [-0.25, -0.2) is 4.79 Å². The molecule has 0 saturated carbocycles. The highest BCUT2D eigenvalue weighted by atomic mass is 32.1. The van der Waals surface area contributed by atoms with Crippen LogP contribution in [0, 0.1) is 0 Å². The molecule has 0 fully saturated rings. The van der Waals surface area contributed by atoms with Crippen molar-refractivity contribution >= 4 is 33.9 Å². The molecule has 1 N–H and O–H groups in total. The molecular formula is C17H18N2O3S. The van der Waals surface area contributed by atoms with Gasteiger partial charge in [-0.2, -0.15) is 0 Å². The van der Waals surface area contributed by atoms with Gasteiger partial charge < -0.3 is 15.0 Å². The first kappa shape index (κ1) is 15.6. The van der Waals surface area contributed by atoms with Crippen LogP contribution in [0.5, 0.6) is 0 Å². The van der Waals surface area contributed by atoms with Gasteiger partial charge in [-0.15, -0.1) is 11.3 Å². The maximum absolute atomic E-state index is 12.4. The number of anilines is 2. The number of para-hydroxylation sites is 1. The lowest BCUT2D eigenvalue weighted by Crippen LogP contribution is -2.36. The molecule has 120 valence electrons. The summed E-state index contributed by atoms with van der Waals surface area (Å²) in [4.78, 5) is 26.1. The van der Waals surface area contributed by atoms with Gasteiger partial charge in [0.25, 0.3) is 0 Å². The van der Waals surface area contributed by atoms with Crippen molar-refractivity contribution in [2.24, 2.45) is 0 Å². The van der Waals surface area contributed by atoms with Gasteiger partial charge in [0.1, 0.15) is 5.00 Å². The van der Waals surface area contributed by atoms with Gasteiger partial charge in [0, 0.05) is 12.2 Å². The number of thiophene rings is 1. The van der Waals surface area contributed by atoms with Crippen molar-refractivity contribution in [1.82, 2.24) is 0 Å². The number of amides is 1. The van der Waals surface area contributed by atoms with Crippen molar-refractivity contribution in [3.8, 4) is 0 Å². The van der Waals surface area contributed by atoms with Gasteiger partial charge >= 0.3 is 5.97 Å². The first-order chi connectivity index (χ1) is 11.2. The Bertz CT molecular complexity index is 726. The highest BCUT2D eigenvalue weighted by Gasteiger charge is 2.20. The third-order valence-corrected chi connectivity index (χ3v) is 4.69. The second kappa shape index (κ2) is 6.83. The van der Waals surface area contributed by atoms with Crippen LogP contribution in [0.3, 0.4) is 0 Å². The molecule has 1 aliphatic rings. The number of carbonyl (C=O) groups excluding carboxylic acids is 2. The average Bonchev–Trinajstić information content (AvgIpc) is 3.02. The molecule has 1 amide bonds. The molecule has 2 heterocycles. The lowest BCUT2D eigenvalue weighted by atomic mass is 10.0. The molecule has 23 heavy (non-hydrogen) atoms. The topological polar surface area (TPSA) is 58.6 Å². The maximum atomic E-state index is 12.4. The Kier molecular flexibility index (Phi) is 4.62. The Morgan fingerprint density at radius 1 is 1.30 bits per heavy atom. The number of nitrogens with zero attached hydrogens (tertiary/aromatic N) is 1. The molecule has 3 rings (SSSR count). The SMILES string of the molecule is COC(=O)c1ccsc1NC(=O)CN1CCCc2ccccc21. The van der Waals surface area contributed by atoms with Crippen LogP contribution in [-0.2, 0) is 16.0 Å². The third-order valence-electron chi connectivity index (χ3n) is 3.86. The van der Waals surface area contributed by atoms with Crippen molar-refractivity contribution in [2.75, 3.05) is 30.4 Å². The second-order valence-electron chi connectivity index (χ2n) is 5.36. The van der Waals surface area contributed by atoms with Crippen LogP contribution in [0.4, 0.5) is 10.7 Å². The number of rotatable bonds is 4. The lowest BCUT2D eigenvalue weighted by molar-refractivity contribution is -0.115. The number of aryl methyl sites for hydroxylation is 1. The van der Waals surface area contributed by atoms with E-state index in [0.717, 1.165) is 25.1 Å². The number of benzene rings is 1. The molecule has 6 heteroatoms. The Balaban J connectivity index is 1.69. The minimum atomic E-state index is -0.440. The Morgan fingerprint density at radius 3 is 2.96 bits per heavy atom. The normalized spacial score (nSPS) is 13.3. The summed E-state index contributed by atoms with van der Waals surface area (Å²) in [6, 6.07) is 9.82. The van der Waals surface area contributed by atoms with Crippen LogP contribution in [-0.4, -0.2) is 32.1 Å². The predicted molar refractivity (Wildman–Crippen MR) is 91.3 cm³/mol. The van der Waals surface area contributed by atoms with Gasteiger partial charge in [0.15, 0.2) is 0 Å². The van der Waals surface area contributed by atoms with Gasteiger partial charge in [-0.05, 0) is 35.9 Å². The predicted octanol–water partition coefficient (Wildman–Crippen LogP) is 2.93. The van der Waals surface area contributed by atoms with Crippen molar-refractivity contribution in [3.63, 3.8) is 0 Å². The standard InChI is InChI=1S/C17H18N2O3S/c1-22-17(21)13-8-10-23-16(13)18-15(20)11-19-9-4-6-12-5-2-3-7-14(12)19/h2-3,5,7-8,10H,4,6,9,11H2,1H3,(H,18,20). The molecule has 5 nitrogen and oxygen atoms in total. The van der Waals surface area contributed by atoms with Gasteiger partial charge in [0.05, 0.1) is 19.2 Å². The molecule has 0 radical (unpaired) electrons. The molecule has 0 atom stereocenters. The summed E-state index contributed by atoms with van der Waals surface area (Å²) in [7, 11) is 1.33. The highest BCUT2D eigenvalue weighted by molar-refractivity contribution is 7.14. The number of hydrogen-bond acceptors (Lipinski definition) is 5. The number of nitrogens with one attached hydrogen (secondary N) is 1. The van der Waals surface area contributed by atoms with Crippen LogP contribution >= 0.6 is 11.3 Å². The number of fused-ring (bicyclic) bond motifs is 1. The van der Waals surface area contributed by atoms with Crippen LogP contribution in [0.15, 0.2) is 35.7 Å². The van der Waals surface area contributed by atoms with Gasteiger partial charge in [-0.3, -0.25) is 4.79 Å². The van der Waals surface area contributed by atoms with E-state index in [0.29, 0.717) is 10.6 Å². The molecule has 2 aromatic rings.